The van der Waals surface area contributed by atoms with Crippen LogP contribution < -0.4 is 0 Å². The molecule has 0 aliphatic carbocycles. The lowest BCUT2D eigenvalue weighted by Gasteiger charge is -2.04. The lowest BCUT2D eigenvalue weighted by molar-refractivity contribution is 0.601. The van der Waals surface area contributed by atoms with Crippen LogP contribution in [-0.2, 0) is 11.2 Å². The maximum atomic E-state index is 11.2. The van der Waals surface area contributed by atoms with Crippen molar-refractivity contribution in [2.45, 2.75) is 19.8 Å². The summed E-state index contributed by atoms with van der Waals surface area (Å²) in [6, 6.07) is 0. The minimum Gasteiger partial charge on any atom is -0.616 e. The van der Waals surface area contributed by atoms with Crippen molar-refractivity contribution < 1.29 is 4.55 Å². The molecule has 0 aromatic rings. The Kier molecular flexibility index (Phi) is 13.5. The van der Waals surface area contributed by atoms with E-state index in [1.54, 1.807) is 27.7 Å². The van der Waals surface area contributed by atoms with Gasteiger partial charge in [-0.1, -0.05) is 53.7 Å². The second-order valence-electron chi connectivity index (χ2n) is 3.07. The fourth-order valence-electron chi connectivity index (χ4n) is 0.856. The average Bonchev–Trinajstić information content (AvgIpc) is 2.27. The molecule has 0 rings (SSSR count). The molecule has 0 spiro atoms. The summed E-state index contributed by atoms with van der Waals surface area (Å²) in [5.41, 5.74) is 0. The van der Waals surface area contributed by atoms with E-state index in [4.69, 9.17) is 0 Å². The SMILES string of the molecule is C=CC[S+]([O-])C/C=C\SSC/C=C/CCC. The Morgan fingerprint density at radius 1 is 1.25 bits per heavy atom. The number of allylic oxidation sites excluding steroid dienone is 1. The molecule has 0 heterocycles. The van der Waals surface area contributed by atoms with Gasteiger partial charge in [-0.2, -0.15) is 0 Å². The maximum absolute atomic E-state index is 11.2. The third-order valence-corrected chi connectivity index (χ3v) is 4.68. The highest BCUT2D eigenvalue weighted by Crippen LogP contribution is 2.22. The van der Waals surface area contributed by atoms with Crippen LogP contribution >= 0.6 is 21.6 Å². The molecule has 1 atom stereocenters. The molecule has 0 aliphatic rings. The van der Waals surface area contributed by atoms with Crippen molar-refractivity contribution in [3.05, 3.63) is 36.3 Å². The number of rotatable bonds is 10. The zero-order chi connectivity index (χ0) is 12.1. The minimum absolute atomic E-state index is 0.585. The van der Waals surface area contributed by atoms with Gasteiger partial charge < -0.3 is 4.55 Å². The van der Waals surface area contributed by atoms with Gasteiger partial charge in [-0.3, -0.25) is 0 Å². The molecule has 0 radical (unpaired) electrons. The van der Waals surface area contributed by atoms with E-state index < -0.39 is 11.2 Å². The third kappa shape index (κ3) is 12.3. The first-order valence-corrected chi connectivity index (χ1v) is 9.22. The Labute approximate surface area is 110 Å². The predicted molar refractivity (Wildman–Crippen MR) is 81.3 cm³/mol. The average molecular weight is 276 g/mol. The molecule has 4 heteroatoms. The van der Waals surface area contributed by atoms with Gasteiger partial charge in [0, 0.05) is 5.75 Å². The van der Waals surface area contributed by atoms with Crippen molar-refractivity contribution in [1.82, 2.24) is 0 Å². The van der Waals surface area contributed by atoms with E-state index in [9.17, 15) is 4.55 Å². The second-order valence-corrected chi connectivity index (χ2v) is 6.94. The maximum Gasteiger partial charge on any atom is 0.124 e. The fraction of sp³-hybridized carbons (Fsp3) is 0.500. The molecule has 0 bridgehead atoms. The van der Waals surface area contributed by atoms with Gasteiger partial charge in [-0.25, -0.2) is 0 Å². The van der Waals surface area contributed by atoms with E-state index in [1.165, 1.54) is 12.8 Å². The van der Waals surface area contributed by atoms with E-state index in [0.717, 1.165) is 5.75 Å². The first-order valence-electron chi connectivity index (χ1n) is 5.35. The summed E-state index contributed by atoms with van der Waals surface area (Å²) in [6.45, 7) is 5.74. The van der Waals surface area contributed by atoms with Crippen LogP contribution in [0.15, 0.2) is 36.3 Å². The summed E-state index contributed by atoms with van der Waals surface area (Å²) < 4.78 is 11.2. The molecule has 16 heavy (non-hydrogen) atoms. The highest BCUT2D eigenvalue weighted by atomic mass is 33.1. The Morgan fingerprint density at radius 3 is 2.75 bits per heavy atom. The fourth-order valence-corrected chi connectivity index (χ4v) is 3.18. The lowest BCUT2D eigenvalue weighted by Crippen LogP contribution is -2.06. The van der Waals surface area contributed by atoms with Crippen molar-refractivity contribution in [2.24, 2.45) is 0 Å². The highest BCUT2D eigenvalue weighted by molar-refractivity contribution is 8.77. The monoisotopic (exact) mass is 276 g/mol. The molecule has 1 nitrogen and oxygen atoms in total. The van der Waals surface area contributed by atoms with Crippen molar-refractivity contribution in [1.29, 1.82) is 0 Å². The van der Waals surface area contributed by atoms with Crippen LogP contribution in [0.1, 0.15) is 19.8 Å². The summed E-state index contributed by atoms with van der Waals surface area (Å²) in [5, 5.41) is 2.01. The molecule has 0 aliphatic heterocycles. The Morgan fingerprint density at radius 2 is 2.06 bits per heavy atom. The van der Waals surface area contributed by atoms with Crippen LogP contribution in [0.25, 0.3) is 0 Å². The number of hydrogen-bond acceptors (Lipinski definition) is 3. The lowest BCUT2D eigenvalue weighted by atomic mass is 10.3. The Bertz CT molecular complexity index is 214. The largest absolute Gasteiger partial charge is 0.616 e. The molecule has 0 amide bonds. The molecule has 0 saturated heterocycles. The molecule has 1 unspecified atom stereocenters. The van der Waals surface area contributed by atoms with Crippen LogP contribution in [0.2, 0.25) is 0 Å². The standard InChI is InChI=1S/C12H20OS3/c1-3-5-6-7-9-14-15-10-8-12-16(13)11-4-2/h4,6-8,10H,2-3,5,9,11-12H2,1H3/b7-6+,10-8-. The van der Waals surface area contributed by atoms with Crippen molar-refractivity contribution in [3.8, 4) is 0 Å². The summed E-state index contributed by atoms with van der Waals surface area (Å²) >= 11 is -0.773. The van der Waals surface area contributed by atoms with Crippen LogP contribution in [-0.4, -0.2) is 21.8 Å². The Hall–Kier alpha value is 0.230. The topological polar surface area (TPSA) is 23.1 Å². The molecular formula is C12H20OS3. The van der Waals surface area contributed by atoms with Gasteiger partial charge in [0.2, 0.25) is 0 Å². The van der Waals surface area contributed by atoms with Gasteiger partial charge in [-0.05, 0) is 35.2 Å². The van der Waals surface area contributed by atoms with Gasteiger partial charge in [0.1, 0.15) is 11.5 Å². The van der Waals surface area contributed by atoms with Crippen molar-refractivity contribution in [3.63, 3.8) is 0 Å². The van der Waals surface area contributed by atoms with Crippen molar-refractivity contribution >= 4 is 32.8 Å². The number of unbranched alkanes of at least 4 members (excludes halogenated alkanes) is 1. The van der Waals surface area contributed by atoms with Crippen molar-refractivity contribution in [2.75, 3.05) is 17.3 Å². The van der Waals surface area contributed by atoms with Gasteiger partial charge in [0.25, 0.3) is 0 Å². The van der Waals surface area contributed by atoms with Crippen LogP contribution in [0.4, 0.5) is 0 Å². The number of hydrogen-bond donors (Lipinski definition) is 0. The first-order chi connectivity index (χ1) is 7.81. The van der Waals surface area contributed by atoms with Gasteiger partial charge >= 0.3 is 0 Å². The van der Waals surface area contributed by atoms with E-state index in [0.29, 0.717) is 11.5 Å². The molecule has 0 saturated carbocycles. The molecule has 0 fully saturated rings. The van der Waals surface area contributed by atoms with Crippen LogP contribution in [0, 0.1) is 0 Å². The molecule has 0 aromatic carbocycles. The molecule has 0 N–H and O–H groups in total. The van der Waals surface area contributed by atoms with Gasteiger partial charge in [0.15, 0.2) is 0 Å². The highest BCUT2D eigenvalue weighted by Gasteiger charge is 1.97. The van der Waals surface area contributed by atoms with Crippen LogP contribution in [0.5, 0.6) is 0 Å². The smallest absolute Gasteiger partial charge is 0.124 e. The molecular weight excluding hydrogens is 256 g/mol. The predicted octanol–water partition coefficient (Wildman–Crippen LogP) is 4.17. The van der Waals surface area contributed by atoms with Gasteiger partial charge in [-0.15, -0.1) is 0 Å². The molecule has 92 valence electrons. The van der Waals surface area contributed by atoms with E-state index >= 15 is 0 Å². The van der Waals surface area contributed by atoms with E-state index in [2.05, 4.69) is 25.7 Å². The Balaban J connectivity index is 3.30. The quantitative estimate of drug-likeness (QED) is 0.259. The first kappa shape index (κ1) is 16.2. The minimum atomic E-state index is -0.773. The summed E-state index contributed by atoms with van der Waals surface area (Å²) in [7, 11) is 3.49. The normalized spacial score (nSPS) is 13.6. The van der Waals surface area contributed by atoms with Gasteiger partial charge in [0.05, 0.1) is 0 Å². The van der Waals surface area contributed by atoms with E-state index in [-0.39, 0.29) is 0 Å². The second kappa shape index (κ2) is 13.3. The summed E-state index contributed by atoms with van der Waals surface area (Å²) in [5.74, 6) is 2.25. The molecule has 0 aromatic heterocycles. The summed E-state index contributed by atoms with van der Waals surface area (Å²) in [4.78, 5) is 0. The zero-order valence-electron chi connectivity index (χ0n) is 9.76. The third-order valence-electron chi connectivity index (χ3n) is 1.59. The summed E-state index contributed by atoms with van der Waals surface area (Å²) in [6.07, 6.45) is 10.5. The van der Waals surface area contributed by atoms with Crippen LogP contribution in [0.3, 0.4) is 0 Å². The van der Waals surface area contributed by atoms with E-state index in [1.807, 2.05) is 11.5 Å². The zero-order valence-corrected chi connectivity index (χ0v) is 12.2.